The van der Waals surface area contributed by atoms with Crippen LogP contribution in [0.2, 0.25) is 0 Å². The zero-order chi connectivity index (χ0) is 11.9. The summed E-state index contributed by atoms with van der Waals surface area (Å²) in [5, 5.41) is 0. The molecule has 0 spiro atoms. The average molecular weight is 222 g/mol. The number of hydrogen-bond donors (Lipinski definition) is 0. The van der Waals surface area contributed by atoms with Crippen molar-refractivity contribution >= 4 is 0 Å². The summed E-state index contributed by atoms with van der Waals surface area (Å²) in [6, 6.07) is 0. The van der Waals surface area contributed by atoms with Gasteiger partial charge >= 0.3 is 0 Å². The highest BCUT2D eigenvalue weighted by Crippen LogP contribution is 2.10. The van der Waals surface area contributed by atoms with Crippen molar-refractivity contribution in [2.45, 2.75) is 90.9 Å². The molecule has 0 fully saturated rings. The van der Waals surface area contributed by atoms with Gasteiger partial charge in [-0.1, -0.05) is 71.6 Å². The van der Waals surface area contributed by atoms with Gasteiger partial charge in [-0.25, -0.2) is 0 Å². The Morgan fingerprint density at radius 1 is 0.562 bits per heavy atom. The second-order valence-electron chi connectivity index (χ2n) is 4.64. The normalized spacial score (nSPS) is 9.88. The highest BCUT2D eigenvalue weighted by atomic mass is 14.0. The first-order valence-corrected chi connectivity index (χ1v) is 7.37. The van der Waals surface area contributed by atoms with E-state index in [9.17, 15) is 0 Å². The molecular weight excluding hydrogens is 192 g/mol. The zero-order valence-electron chi connectivity index (χ0n) is 11.5. The Morgan fingerprint density at radius 2 is 1.06 bits per heavy atom. The zero-order valence-corrected chi connectivity index (χ0v) is 11.5. The molecule has 0 saturated heterocycles. The molecule has 0 atom stereocenters. The first-order valence-electron chi connectivity index (χ1n) is 7.37. The van der Waals surface area contributed by atoms with Gasteiger partial charge < -0.3 is 0 Å². The molecule has 0 amide bonds. The largest absolute Gasteiger partial charge is 0.104 e. The molecular formula is C16H30. The molecule has 0 N–H and O–H groups in total. The van der Waals surface area contributed by atoms with Gasteiger partial charge in [-0.2, -0.15) is 0 Å². The molecule has 0 aliphatic heterocycles. The van der Waals surface area contributed by atoms with Gasteiger partial charge in [0.25, 0.3) is 0 Å². The second-order valence-corrected chi connectivity index (χ2v) is 4.64. The molecule has 16 heavy (non-hydrogen) atoms. The van der Waals surface area contributed by atoms with E-state index in [0.717, 1.165) is 12.8 Å². The topological polar surface area (TPSA) is 0 Å². The third kappa shape index (κ3) is 13.6. The summed E-state index contributed by atoms with van der Waals surface area (Å²) in [5.41, 5.74) is 0. The minimum Gasteiger partial charge on any atom is -0.104 e. The second kappa shape index (κ2) is 14.6. The van der Waals surface area contributed by atoms with Crippen LogP contribution in [0.1, 0.15) is 90.9 Å². The Labute approximate surface area is 103 Å². The lowest BCUT2D eigenvalue weighted by Gasteiger charge is -2.00. The maximum Gasteiger partial charge on any atom is 0.00886 e. The van der Waals surface area contributed by atoms with Crippen molar-refractivity contribution in [3.05, 3.63) is 0 Å². The molecule has 0 radical (unpaired) electrons. The van der Waals surface area contributed by atoms with Gasteiger partial charge in [0.05, 0.1) is 0 Å². The van der Waals surface area contributed by atoms with E-state index in [-0.39, 0.29) is 0 Å². The Balaban J connectivity index is 2.93. The molecule has 0 nitrogen and oxygen atoms in total. The van der Waals surface area contributed by atoms with Crippen molar-refractivity contribution in [3.8, 4) is 11.8 Å². The van der Waals surface area contributed by atoms with Crippen molar-refractivity contribution in [2.75, 3.05) is 0 Å². The Bertz CT molecular complexity index is 170. The molecule has 0 heteroatoms. The van der Waals surface area contributed by atoms with Gasteiger partial charge in [0.15, 0.2) is 0 Å². The first kappa shape index (κ1) is 15.6. The van der Waals surface area contributed by atoms with Gasteiger partial charge in [0.1, 0.15) is 0 Å². The van der Waals surface area contributed by atoms with Crippen LogP contribution in [0.5, 0.6) is 0 Å². The quantitative estimate of drug-likeness (QED) is 0.328. The summed E-state index contributed by atoms with van der Waals surface area (Å²) in [5.74, 6) is 6.34. The van der Waals surface area contributed by atoms with E-state index in [2.05, 4.69) is 25.7 Å². The van der Waals surface area contributed by atoms with Crippen molar-refractivity contribution in [1.29, 1.82) is 0 Å². The van der Waals surface area contributed by atoms with Gasteiger partial charge in [0, 0.05) is 12.8 Å². The van der Waals surface area contributed by atoms with E-state index >= 15 is 0 Å². The molecule has 0 aliphatic rings. The van der Waals surface area contributed by atoms with Crippen molar-refractivity contribution in [3.63, 3.8) is 0 Å². The summed E-state index contributed by atoms with van der Waals surface area (Å²) < 4.78 is 0. The standard InChI is InChI=1S/C16H30/c1-3-5-7-9-11-13-15-16-14-12-10-8-6-4-2/h3-5,7,9-16H2,1-2H3. The lowest BCUT2D eigenvalue weighted by molar-refractivity contribution is 0.558. The van der Waals surface area contributed by atoms with E-state index in [4.69, 9.17) is 0 Å². The molecule has 0 aromatic carbocycles. The van der Waals surface area contributed by atoms with Crippen LogP contribution in [0, 0.1) is 11.8 Å². The maximum absolute atomic E-state index is 3.21. The smallest absolute Gasteiger partial charge is 0.00886 e. The predicted octanol–water partition coefficient (Wildman–Crippen LogP) is 5.71. The SMILES string of the molecule is CCC#CCCCCCCCCCCCC. The fourth-order valence-electron chi connectivity index (χ4n) is 1.91. The van der Waals surface area contributed by atoms with E-state index in [0.29, 0.717) is 0 Å². The molecule has 0 bridgehead atoms. The third-order valence-corrected chi connectivity index (χ3v) is 2.96. The van der Waals surface area contributed by atoms with E-state index in [1.54, 1.807) is 0 Å². The van der Waals surface area contributed by atoms with Crippen LogP contribution in [-0.4, -0.2) is 0 Å². The highest BCUT2D eigenvalue weighted by molar-refractivity contribution is 4.97. The summed E-state index contributed by atoms with van der Waals surface area (Å²) in [7, 11) is 0. The van der Waals surface area contributed by atoms with Crippen LogP contribution in [0.15, 0.2) is 0 Å². The Morgan fingerprint density at radius 3 is 1.56 bits per heavy atom. The van der Waals surface area contributed by atoms with Crippen LogP contribution in [0.3, 0.4) is 0 Å². The Hall–Kier alpha value is -0.440. The molecule has 0 saturated carbocycles. The van der Waals surface area contributed by atoms with Crippen molar-refractivity contribution < 1.29 is 0 Å². The van der Waals surface area contributed by atoms with Gasteiger partial charge in [-0.05, 0) is 6.42 Å². The van der Waals surface area contributed by atoms with Gasteiger partial charge in [-0.3, -0.25) is 0 Å². The molecule has 0 aliphatic carbocycles. The van der Waals surface area contributed by atoms with Gasteiger partial charge in [-0.15, -0.1) is 11.8 Å². The fraction of sp³-hybridized carbons (Fsp3) is 0.875. The molecule has 0 heterocycles. The highest BCUT2D eigenvalue weighted by Gasteiger charge is 1.91. The minimum absolute atomic E-state index is 1.01. The monoisotopic (exact) mass is 222 g/mol. The van der Waals surface area contributed by atoms with Crippen LogP contribution in [0.25, 0.3) is 0 Å². The first-order chi connectivity index (χ1) is 7.91. The van der Waals surface area contributed by atoms with Crippen molar-refractivity contribution in [1.82, 2.24) is 0 Å². The van der Waals surface area contributed by atoms with Crippen molar-refractivity contribution in [2.24, 2.45) is 0 Å². The average Bonchev–Trinajstić information content (AvgIpc) is 2.31. The number of rotatable bonds is 10. The fourth-order valence-corrected chi connectivity index (χ4v) is 1.91. The molecule has 94 valence electrons. The van der Waals surface area contributed by atoms with Crippen LogP contribution < -0.4 is 0 Å². The summed E-state index contributed by atoms with van der Waals surface area (Å²) in [6.45, 7) is 4.40. The number of unbranched alkanes of at least 4 members (excludes halogenated alkanes) is 10. The van der Waals surface area contributed by atoms with Crippen LogP contribution in [0.4, 0.5) is 0 Å². The minimum atomic E-state index is 1.01. The van der Waals surface area contributed by atoms with Crippen LogP contribution in [-0.2, 0) is 0 Å². The lowest BCUT2D eigenvalue weighted by Crippen LogP contribution is -1.81. The van der Waals surface area contributed by atoms with E-state index in [1.165, 1.54) is 64.2 Å². The third-order valence-electron chi connectivity index (χ3n) is 2.96. The molecule has 0 rings (SSSR count). The molecule has 0 aromatic rings. The van der Waals surface area contributed by atoms with E-state index < -0.39 is 0 Å². The molecule has 0 unspecified atom stereocenters. The predicted molar refractivity (Wildman–Crippen MR) is 74.5 cm³/mol. The number of hydrogen-bond acceptors (Lipinski definition) is 0. The Kier molecular flexibility index (Phi) is 14.2. The molecule has 0 aromatic heterocycles. The van der Waals surface area contributed by atoms with Gasteiger partial charge in [0.2, 0.25) is 0 Å². The summed E-state index contributed by atoms with van der Waals surface area (Å²) >= 11 is 0. The van der Waals surface area contributed by atoms with Crippen LogP contribution >= 0.6 is 0 Å². The summed E-state index contributed by atoms with van der Waals surface area (Å²) in [4.78, 5) is 0. The summed E-state index contributed by atoms with van der Waals surface area (Å²) in [6.07, 6.45) is 16.3. The van der Waals surface area contributed by atoms with E-state index in [1.807, 2.05) is 0 Å². The lowest BCUT2D eigenvalue weighted by atomic mass is 10.1. The maximum atomic E-state index is 3.21.